The molecule has 0 fully saturated rings. The summed E-state index contributed by atoms with van der Waals surface area (Å²) in [6.45, 7) is 1.56. The Morgan fingerprint density at radius 2 is 2.12 bits per heavy atom. The molecule has 0 aliphatic heterocycles. The van der Waals surface area contributed by atoms with E-state index in [0.29, 0.717) is 0 Å². The second-order valence-electron chi connectivity index (χ2n) is 3.17. The van der Waals surface area contributed by atoms with Gasteiger partial charge in [0.15, 0.2) is 0 Å². The molecule has 5 nitrogen and oxygen atoms in total. The van der Waals surface area contributed by atoms with Crippen molar-refractivity contribution in [1.82, 2.24) is 4.72 Å². The summed E-state index contributed by atoms with van der Waals surface area (Å²) in [4.78, 5) is 11.3. The highest BCUT2D eigenvalue weighted by Gasteiger charge is 2.13. The van der Waals surface area contributed by atoms with Crippen molar-refractivity contribution in [1.29, 1.82) is 0 Å². The third kappa shape index (κ3) is 4.52. The molecule has 0 bridgehead atoms. The maximum atomic E-state index is 11.3. The minimum absolute atomic E-state index is 0.136. The Balaban J connectivity index is 2.38. The lowest BCUT2D eigenvalue weighted by Crippen LogP contribution is -2.36. The molecule has 1 rings (SSSR count). The van der Waals surface area contributed by atoms with E-state index in [4.69, 9.17) is 4.74 Å². The number of carbonyl (C=O) groups excluding carboxylic acids is 1. The number of carbonyl (C=O) groups is 1. The SMILES string of the molecule is CC(NS(=O)[O-])C(=O)OCc1ccccc1. The molecular weight excluding hydrogens is 230 g/mol. The van der Waals surface area contributed by atoms with Crippen molar-refractivity contribution in [2.75, 3.05) is 0 Å². The van der Waals surface area contributed by atoms with Crippen molar-refractivity contribution >= 4 is 17.2 Å². The molecule has 1 aromatic carbocycles. The van der Waals surface area contributed by atoms with E-state index in [1.807, 2.05) is 35.1 Å². The summed E-state index contributed by atoms with van der Waals surface area (Å²) < 4.78 is 27.5. The molecule has 0 spiro atoms. The van der Waals surface area contributed by atoms with Gasteiger partial charge in [0.2, 0.25) is 0 Å². The van der Waals surface area contributed by atoms with Crippen molar-refractivity contribution in [2.24, 2.45) is 0 Å². The minimum atomic E-state index is -2.47. The van der Waals surface area contributed by atoms with Gasteiger partial charge in [0.1, 0.15) is 12.6 Å². The monoisotopic (exact) mass is 242 g/mol. The first kappa shape index (κ1) is 12.8. The fraction of sp³-hybridized carbons (Fsp3) is 0.300. The van der Waals surface area contributed by atoms with Gasteiger partial charge in [-0.05, 0) is 12.5 Å². The van der Waals surface area contributed by atoms with Crippen LogP contribution in [0.5, 0.6) is 0 Å². The normalized spacial score (nSPS) is 14.1. The third-order valence-electron chi connectivity index (χ3n) is 1.85. The molecular formula is C10H12NO4S-. The zero-order valence-corrected chi connectivity index (χ0v) is 9.53. The molecule has 0 aliphatic rings. The number of nitrogens with one attached hydrogen (secondary N) is 1. The first-order valence-corrected chi connectivity index (χ1v) is 5.73. The summed E-state index contributed by atoms with van der Waals surface area (Å²) in [6.07, 6.45) is 0. The van der Waals surface area contributed by atoms with Crippen LogP contribution < -0.4 is 4.72 Å². The van der Waals surface area contributed by atoms with Crippen LogP contribution in [0.25, 0.3) is 0 Å². The number of esters is 1. The van der Waals surface area contributed by atoms with Crippen LogP contribution >= 0.6 is 0 Å². The molecule has 0 aromatic heterocycles. The summed E-state index contributed by atoms with van der Waals surface area (Å²) in [7, 11) is 0. The van der Waals surface area contributed by atoms with Crippen LogP contribution in [0.3, 0.4) is 0 Å². The Hall–Kier alpha value is -1.24. The molecule has 2 unspecified atom stereocenters. The van der Waals surface area contributed by atoms with Gasteiger partial charge in [-0.2, -0.15) is 0 Å². The van der Waals surface area contributed by atoms with Crippen molar-refractivity contribution in [3.05, 3.63) is 35.9 Å². The van der Waals surface area contributed by atoms with Crippen LogP contribution in [-0.2, 0) is 27.4 Å². The fourth-order valence-corrected chi connectivity index (χ4v) is 1.43. The quantitative estimate of drug-likeness (QED) is 0.602. The molecule has 1 N–H and O–H groups in total. The molecule has 88 valence electrons. The van der Waals surface area contributed by atoms with Crippen LogP contribution in [0.15, 0.2) is 30.3 Å². The van der Waals surface area contributed by atoms with Crippen molar-refractivity contribution in [3.8, 4) is 0 Å². The van der Waals surface area contributed by atoms with Gasteiger partial charge in [-0.1, -0.05) is 30.3 Å². The average Bonchev–Trinajstić information content (AvgIpc) is 2.26. The zero-order chi connectivity index (χ0) is 12.0. The highest BCUT2D eigenvalue weighted by atomic mass is 32.2. The standard InChI is InChI=1S/C10H13NO4S/c1-8(11-16(13)14)10(12)15-7-9-5-3-2-4-6-9/h2-6,8,11H,7H2,1H3,(H,13,14)/p-1. The van der Waals surface area contributed by atoms with E-state index < -0.39 is 23.3 Å². The van der Waals surface area contributed by atoms with Crippen LogP contribution in [0.4, 0.5) is 0 Å². The highest BCUT2D eigenvalue weighted by molar-refractivity contribution is 7.77. The van der Waals surface area contributed by atoms with E-state index in [9.17, 15) is 13.6 Å². The van der Waals surface area contributed by atoms with Gasteiger partial charge in [-0.15, -0.1) is 0 Å². The van der Waals surface area contributed by atoms with Crippen LogP contribution in [0, 0.1) is 0 Å². The highest BCUT2D eigenvalue weighted by Crippen LogP contribution is 2.01. The smallest absolute Gasteiger partial charge is 0.324 e. The van der Waals surface area contributed by atoms with Crippen LogP contribution in [0.1, 0.15) is 12.5 Å². The van der Waals surface area contributed by atoms with Gasteiger partial charge in [-0.3, -0.25) is 9.00 Å². The molecule has 0 saturated carbocycles. The van der Waals surface area contributed by atoms with E-state index in [1.165, 1.54) is 6.92 Å². The number of hydrogen-bond donors (Lipinski definition) is 1. The van der Waals surface area contributed by atoms with Gasteiger partial charge < -0.3 is 9.29 Å². The van der Waals surface area contributed by atoms with E-state index in [0.717, 1.165) is 5.56 Å². The van der Waals surface area contributed by atoms with E-state index >= 15 is 0 Å². The number of hydrogen-bond acceptors (Lipinski definition) is 4. The van der Waals surface area contributed by atoms with Gasteiger partial charge >= 0.3 is 5.97 Å². The Labute approximate surface area is 96.2 Å². The Bertz CT molecular complexity index is 368. The van der Waals surface area contributed by atoms with Gasteiger partial charge in [-0.25, -0.2) is 4.72 Å². The Morgan fingerprint density at radius 1 is 1.50 bits per heavy atom. The molecule has 2 atom stereocenters. The second-order valence-corrected chi connectivity index (χ2v) is 3.87. The topological polar surface area (TPSA) is 78.5 Å². The third-order valence-corrected chi connectivity index (χ3v) is 2.40. The predicted octanol–water partition coefficient (Wildman–Crippen LogP) is 0.502. The summed E-state index contributed by atoms with van der Waals surface area (Å²) >= 11 is -2.47. The van der Waals surface area contributed by atoms with Crippen LogP contribution in [-0.4, -0.2) is 20.8 Å². The summed E-state index contributed by atoms with van der Waals surface area (Å²) in [5.74, 6) is -0.604. The lowest BCUT2D eigenvalue weighted by atomic mass is 10.2. The first-order valence-electron chi connectivity index (χ1n) is 4.65. The van der Waals surface area contributed by atoms with Gasteiger partial charge in [0.25, 0.3) is 0 Å². The van der Waals surface area contributed by atoms with Crippen LogP contribution in [0.2, 0.25) is 0 Å². The molecule has 0 amide bonds. The first-order chi connectivity index (χ1) is 7.59. The Kier molecular flexibility index (Phi) is 5.10. The molecule has 0 aliphatic carbocycles. The molecule has 0 saturated heterocycles. The fourth-order valence-electron chi connectivity index (χ4n) is 1.05. The van der Waals surface area contributed by atoms with Gasteiger partial charge in [0, 0.05) is 11.3 Å². The number of rotatable bonds is 5. The lowest BCUT2D eigenvalue weighted by Gasteiger charge is -2.14. The van der Waals surface area contributed by atoms with E-state index in [2.05, 4.69) is 0 Å². The lowest BCUT2D eigenvalue weighted by molar-refractivity contribution is -0.146. The molecule has 0 radical (unpaired) electrons. The van der Waals surface area contributed by atoms with E-state index in [-0.39, 0.29) is 6.61 Å². The van der Waals surface area contributed by atoms with Crippen molar-refractivity contribution < 1.29 is 18.3 Å². The maximum Gasteiger partial charge on any atom is 0.324 e. The second kappa shape index (κ2) is 6.37. The molecule has 1 aromatic rings. The maximum absolute atomic E-state index is 11.3. The largest absolute Gasteiger partial charge is 0.760 e. The van der Waals surface area contributed by atoms with Crippen molar-refractivity contribution in [3.63, 3.8) is 0 Å². The van der Waals surface area contributed by atoms with E-state index in [1.54, 1.807) is 0 Å². The minimum Gasteiger partial charge on any atom is -0.760 e. The van der Waals surface area contributed by atoms with Gasteiger partial charge in [0.05, 0.1) is 0 Å². The molecule has 16 heavy (non-hydrogen) atoms. The summed E-state index contributed by atoms with van der Waals surface area (Å²) in [5, 5.41) is 0. The summed E-state index contributed by atoms with van der Waals surface area (Å²) in [6, 6.07) is 8.28. The predicted molar refractivity (Wildman–Crippen MR) is 57.8 cm³/mol. The molecule has 0 heterocycles. The Morgan fingerprint density at radius 3 is 2.69 bits per heavy atom. The average molecular weight is 242 g/mol. The number of ether oxygens (including phenoxy) is 1. The summed E-state index contributed by atoms with van der Waals surface area (Å²) in [5.41, 5.74) is 0.853. The van der Waals surface area contributed by atoms with Crippen molar-refractivity contribution in [2.45, 2.75) is 19.6 Å². The molecule has 6 heteroatoms. The number of benzene rings is 1. The zero-order valence-electron chi connectivity index (χ0n) is 8.71.